The Morgan fingerprint density at radius 3 is 2.73 bits per heavy atom. The van der Waals surface area contributed by atoms with E-state index in [4.69, 9.17) is 5.73 Å². The zero-order valence-corrected chi connectivity index (χ0v) is 9.51. The van der Waals surface area contributed by atoms with Crippen molar-refractivity contribution in [1.82, 2.24) is 14.5 Å². The second-order valence-electron chi connectivity index (χ2n) is 3.61. The van der Waals surface area contributed by atoms with Crippen LogP contribution in [0.3, 0.4) is 0 Å². The lowest BCUT2D eigenvalue weighted by molar-refractivity contribution is 0.715. The molecule has 4 heteroatoms. The molecule has 2 aromatic heterocycles. The SMILES string of the molecule is CCC(C)N.Cn1cnc2cnccc21. The van der Waals surface area contributed by atoms with E-state index in [1.807, 2.05) is 24.6 Å². The molecule has 0 bridgehead atoms. The first-order chi connectivity index (χ1) is 7.15. The molecule has 15 heavy (non-hydrogen) atoms. The molecule has 2 heterocycles. The lowest BCUT2D eigenvalue weighted by Gasteiger charge is -1.91. The van der Waals surface area contributed by atoms with Gasteiger partial charge in [-0.25, -0.2) is 4.98 Å². The highest BCUT2D eigenvalue weighted by atomic mass is 15.0. The van der Waals surface area contributed by atoms with E-state index in [0.717, 1.165) is 17.5 Å². The third-order valence-electron chi connectivity index (χ3n) is 2.17. The second kappa shape index (κ2) is 5.46. The minimum atomic E-state index is 0.384. The number of pyridine rings is 1. The predicted molar refractivity (Wildman–Crippen MR) is 62.4 cm³/mol. The van der Waals surface area contributed by atoms with Gasteiger partial charge in [0.15, 0.2) is 0 Å². The highest BCUT2D eigenvalue weighted by Crippen LogP contribution is 2.06. The van der Waals surface area contributed by atoms with Gasteiger partial charge in [0.2, 0.25) is 0 Å². The van der Waals surface area contributed by atoms with Crippen LogP contribution in [0.25, 0.3) is 11.0 Å². The van der Waals surface area contributed by atoms with Crippen LogP contribution >= 0.6 is 0 Å². The Morgan fingerprint density at radius 1 is 1.53 bits per heavy atom. The molecule has 0 aromatic carbocycles. The molecular weight excluding hydrogens is 188 g/mol. The summed E-state index contributed by atoms with van der Waals surface area (Å²) in [7, 11) is 1.97. The Kier molecular flexibility index (Phi) is 4.24. The van der Waals surface area contributed by atoms with Gasteiger partial charge in [-0.15, -0.1) is 0 Å². The molecule has 0 aliphatic carbocycles. The predicted octanol–water partition coefficient (Wildman–Crippen LogP) is 1.71. The number of nitrogens with zero attached hydrogens (tertiary/aromatic N) is 3. The van der Waals surface area contributed by atoms with Crippen molar-refractivity contribution in [2.45, 2.75) is 26.3 Å². The fourth-order valence-electron chi connectivity index (χ4n) is 0.988. The number of hydrogen-bond donors (Lipinski definition) is 1. The van der Waals surface area contributed by atoms with Crippen LogP contribution in [-0.4, -0.2) is 20.6 Å². The molecule has 2 N–H and O–H groups in total. The van der Waals surface area contributed by atoms with Gasteiger partial charge in [0.1, 0.15) is 5.52 Å². The van der Waals surface area contributed by atoms with E-state index in [9.17, 15) is 0 Å². The van der Waals surface area contributed by atoms with Crippen molar-refractivity contribution in [1.29, 1.82) is 0 Å². The number of fused-ring (bicyclic) bond motifs is 1. The molecule has 0 aliphatic rings. The Hall–Kier alpha value is -1.42. The van der Waals surface area contributed by atoms with Gasteiger partial charge in [0.05, 0.1) is 18.0 Å². The van der Waals surface area contributed by atoms with Gasteiger partial charge in [-0.2, -0.15) is 0 Å². The Morgan fingerprint density at radius 2 is 2.20 bits per heavy atom. The topological polar surface area (TPSA) is 56.7 Å². The van der Waals surface area contributed by atoms with Crippen molar-refractivity contribution in [3.8, 4) is 0 Å². The highest BCUT2D eigenvalue weighted by Gasteiger charge is 1.94. The Labute approximate surface area is 90.1 Å². The average Bonchev–Trinajstić information content (AvgIpc) is 2.62. The summed E-state index contributed by atoms with van der Waals surface area (Å²) in [6.07, 6.45) is 6.39. The summed E-state index contributed by atoms with van der Waals surface area (Å²) in [6.45, 7) is 4.07. The van der Waals surface area contributed by atoms with Crippen molar-refractivity contribution in [3.05, 3.63) is 24.8 Å². The molecular formula is C11H18N4. The van der Waals surface area contributed by atoms with Crippen molar-refractivity contribution < 1.29 is 0 Å². The molecule has 0 saturated heterocycles. The van der Waals surface area contributed by atoms with Gasteiger partial charge in [-0.05, 0) is 19.4 Å². The minimum absolute atomic E-state index is 0.384. The van der Waals surface area contributed by atoms with E-state index in [1.54, 1.807) is 18.7 Å². The maximum absolute atomic E-state index is 5.29. The van der Waals surface area contributed by atoms with Crippen LogP contribution in [0.15, 0.2) is 24.8 Å². The molecule has 0 aliphatic heterocycles. The molecule has 2 aromatic rings. The molecule has 0 spiro atoms. The zero-order chi connectivity index (χ0) is 11.3. The standard InChI is InChI=1S/C7H7N3.C4H11N/c1-10-5-9-6-4-8-3-2-7(6)10;1-3-4(2)5/h2-5H,1H3;4H,3,5H2,1-2H3. The number of hydrogen-bond acceptors (Lipinski definition) is 3. The lowest BCUT2D eigenvalue weighted by atomic mass is 10.3. The van der Waals surface area contributed by atoms with Crippen LogP contribution in [0.5, 0.6) is 0 Å². The van der Waals surface area contributed by atoms with Gasteiger partial charge in [-0.3, -0.25) is 4.98 Å². The number of imidazole rings is 1. The monoisotopic (exact) mass is 206 g/mol. The number of aromatic nitrogens is 3. The molecule has 82 valence electrons. The molecule has 0 amide bonds. The summed E-state index contributed by atoms with van der Waals surface area (Å²) in [5, 5.41) is 0. The van der Waals surface area contributed by atoms with Gasteiger partial charge in [-0.1, -0.05) is 6.92 Å². The zero-order valence-electron chi connectivity index (χ0n) is 9.51. The average molecular weight is 206 g/mol. The quantitative estimate of drug-likeness (QED) is 0.772. The largest absolute Gasteiger partial charge is 0.334 e. The number of nitrogens with two attached hydrogens (primary N) is 1. The molecule has 0 radical (unpaired) electrons. The molecule has 0 saturated carbocycles. The van der Waals surface area contributed by atoms with Crippen LogP contribution in [0.2, 0.25) is 0 Å². The minimum Gasteiger partial charge on any atom is -0.334 e. The van der Waals surface area contributed by atoms with Crippen LogP contribution in [0.1, 0.15) is 20.3 Å². The van der Waals surface area contributed by atoms with E-state index >= 15 is 0 Å². The van der Waals surface area contributed by atoms with Crippen molar-refractivity contribution in [2.75, 3.05) is 0 Å². The fourth-order valence-corrected chi connectivity index (χ4v) is 0.988. The normalized spacial score (nSPS) is 12.0. The highest BCUT2D eigenvalue weighted by molar-refractivity contribution is 5.73. The third kappa shape index (κ3) is 3.32. The van der Waals surface area contributed by atoms with Crippen LogP contribution in [0, 0.1) is 0 Å². The van der Waals surface area contributed by atoms with Crippen LogP contribution in [-0.2, 0) is 7.05 Å². The van der Waals surface area contributed by atoms with E-state index < -0.39 is 0 Å². The van der Waals surface area contributed by atoms with Gasteiger partial charge >= 0.3 is 0 Å². The first-order valence-electron chi connectivity index (χ1n) is 5.11. The molecule has 4 nitrogen and oxygen atoms in total. The number of aryl methyl sites for hydroxylation is 1. The van der Waals surface area contributed by atoms with Crippen molar-refractivity contribution >= 4 is 11.0 Å². The fraction of sp³-hybridized carbons (Fsp3) is 0.455. The first kappa shape index (κ1) is 11.7. The van der Waals surface area contributed by atoms with Gasteiger partial charge < -0.3 is 10.3 Å². The van der Waals surface area contributed by atoms with Gasteiger partial charge in [0, 0.05) is 19.3 Å². The Bertz CT molecular complexity index is 406. The smallest absolute Gasteiger partial charge is 0.107 e. The van der Waals surface area contributed by atoms with E-state index in [0.29, 0.717) is 6.04 Å². The summed E-state index contributed by atoms with van der Waals surface area (Å²) in [5.41, 5.74) is 7.36. The summed E-state index contributed by atoms with van der Waals surface area (Å²) in [6, 6.07) is 2.33. The maximum Gasteiger partial charge on any atom is 0.107 e. The summed E-state index contributed by atoms with van der Waals surface area (Å²) < 4.78 is 1.97. The maximum atomic E-state index is 5.29. The number of rotatable bonds is 1. The lowest BCUT2D eigenvalue weighted by Crippen LogP contribution is -2.11. The summed E-state index contributed by atoms with van der Waals surface area (Å²) >= 11 is 0. The van der Waals surface area contributed by atoms with Gasteiger partial charge in [0.25, 0.3) is 0 Å². The van der Waals surface area contributed by atoms with E-state index in [1.165, 1.54) is 0 Å². The second-order valence-corrected chi connectivity index (χ2v) is 3.61. The molecule has 2 rings (SSSR count). The summed E-state index contributed by atoms with van der Waals surface area (Å²) in [5.74, 6) is 0. The molecule has 1 atom stereocenters. The van der Waals surface area contributed by atoms with Crippen LogP contribution in [0.4, 0.5) is 0 Å². The first-order valence-corrected chi connectivity index (χ1v) is 5.11. The Balaban J connectivity index is 0.000000195. The van der Waals surface area contributed by atoms with Crippen LogP contribution < -0.4 is 5.73 Å². The molecule has 1 unspecified atom stereocenters. The summed E-state index contributed by atoms with van der Waals surface area (Å²) in [4.78, 5) is 8.07. The molecule has 0 fully saturated rings. The van der Waals surface area contributed by atoms with E-state index in [-0.39, 0.29) is 0 Å². The third-order valence-corrected chi connectivity index (χ3v) is 2.17. The van der Waals surface area contributed by atoms with Crippen molar-refractivity contribution in [2.24, 2.45) is 12.8 Å². The van der Waals surface area contributed by atoms with Crippen molar-refractivity contribution in [3.63, 3.8) is 0 Å². The van der Waals surface area contributed by atoms with E-state index in [2.05, 4.69) is 16.9 Å².